The molecule has 0 heterocycles. The Morgan fingerprint density at radius 3 is 1.30 bits per heavy atom. The first kappa shape index (κ1) is 48.8. The molecule has 0 aliphatic heterocycles. The molecule has 0 aromatic carbocycles. The van der Waals surface area contributed by atoms with Gasteiger partial charge in [0.1, 0.15) is 36.3 Å². The van der Waals surface area contributed by atoms with E-state index in [4.69, 9.17) is 28.0 Å². The molecule has 54 heavy (non-hydrogen) atoms. The molecule has 0 rings (SSSR count). The van der Waals surface area contributed by atoms with Gasteiger partial charge in [0.05, 0.1) is 6.61 Å². The molecular weight excluding hydrogens is 712 g/mol. The van der Waals surface area contributed by atoms with Crippen LogP contribution in [0.15, 0.2) is 0 Å². The van der Waals surface area contributed by atoms with Crippen LogP contribution in [0.4, 0.5) is 0 Å². The summed E-state index contributed by atoms with van der Waals surface area (Å²) in [6.45, 7) is 6.67. The van der Waals surface area contributed by atoms with Gasteiger partial charge in [0.2, 0.25) is 29.5 Å². The third kappa shape index (κ3) is 21.3. The van der Waals surface area contributed by atoms with Gasteiger partial charge in [0.15, 0.2) is 11.9 Å². The molecule has 0 aromatic heterocycles. The number of nitrogens with two attached hydrogens (primary N) is 3. The molecule has 0 saturated heterocycles. The minimum Gasteiger partial charge on any atom is -0.481 e. The molecule has 0 fully saturated rings. The lowest BCUT2D eigenvalue weighted by Gasteiger charge is -2.28. The molecule has 22 heteroatoms. The van der Waals surface area contributed by atoms with Crippen LogP contribution in [0, 0.1) is 22.7 Å². The summed E-state index contributed by atoms with van der Waals surface area (Å²) in [6, 6.07) is -8.01. The van der Waals surface area contributed by atoms with Gasteiger partial charge in [-0.05, 0) is 56.8 Å². The van der Waals surface area contributed by atoms with Crippen molar-refractivity contribution in [3.63, 3.8) is 0 Å². The van der Waals surface area contributed by atoms with Crippen molar-refractivity contribution in [2.24, 2.45) is 29.0 Å². The average molecular weight is 773 g/mol. The Kier molecular flexibility index (Phi) is 23.2. The van der Waals surface area contributed by atoms with Crippen molar-refractivity contribution in [1.29, 1.82) is 10.8 Å². The Morgan fingerprint density at radius 1 is 0.574 bits per heavy atom. The summed E-state index contributed by atoms with van der Waals surface area (Å²) < 4.78 is 0. The summed E-state index contributed by atoms with van der Waals surface area (Å²) in [5, 5.41) is 60.3. The van der Waals surface area contributed by atoms with E-state index in [1.165, 1.54) is 0 Å². The zero-order valence-corrected chi connectivity index (χ0v) is 31.3. The van der Waals surface area contributed by atoms with E-state index in [0.717, 1.165) is 0 Å². The molecule has 18 N–H and O–H groups in total. The molecule has 0 bridgehead atoms. The summed E-state index contributed by atoms with van der Waals surface area (Å²) >= 11 is 0. The van der Waals surface area contributed by atoms with Crippen molar-refractivity contribution in [3.05, 3.63) is 0 Å². The van der Waals surface area contributed by atoms with E-state index in [1.807, 2.05) is 0 Å². The number of guanidine groups is 2. The van der Waals surface area contributed by atoms with Crippen LogP contribution < -0.4 is 54.4 Å². The maximum atomic E-state index is 13.7. The number of nitrogens with one attached hydrogen (secondary N) is 9. The molecule has 22 nitrogen and oxygen atoms in total. The van der Waals surface area contributed by atoms with Crippen LogP contribution >= 0.6 is 0 Å². The number of aliphatic carboxylic acids is 2. The van der Waals surface area contributed by atoms with Crippen LogP contribution in [0.25, 0.3) is 0 Å². The van der Waals surface area contributed by atoms with Gasteiger partial charge in [-0.1, -0.05) is 27.7 Å². The molecular formula is C32H60N12O10. The number of carbonyl (C=O) groups excluding carboxylic acids is 5. The molecule has 0 spiro atoms. The Balaban J connectivity index is 6.20. The zero-order valence-electron chi connectivity index (χ0n) is 31.3. The third-order valence-electron chi connectivity index (χ3n) is 7.71. The maximum absolute atomic E-state index is 13.7. The quantitative estimate of drug-likeness (QED) is 0.0217. The van der Waals surface area contributed by atoms with Gasteiger partial charge in [-0.15, -0.1) is 0 Å². The fraction of sp³-hybridized carbons (Fsp3) is 0.719. The lowest BCUT2D eigenvalue weighted by molar-refractivity contribution is -0.142. The van der Waals surface area contributed by atoms with E-state index in [2.05, 4.69) is 37.2 Å². The fourth-order valence-corrected chi connectivity index (χ4v) is 4.98. The van der Waals surface area contributed by atoms with Crippen LogP contribution in [0.1, 0.15) is 79.1 Å². The van der Waals surface area contributed by atoms with Crippen molar-refractivity contribution < 1.29 is 48.9 Å². The number of hydrogen-bond acceptors (Lipinski definition) is 11. The standard InChI is InChI=1S/C32H60N12O10/c1-16(2)13-22(43-26(49)19(7-5-11-38-31(34)35)40-25(48)18(33)15-45)28(51)41-20(9-10-24(46)47)27(50)44-23(14-17(3)4)29(52)42-21(30(53)54)8-6-12-39-32(36)37/h16-23,45H,5-15,33H2,1-4H3,(H,40,48)(H,41,51)(H,42,52)(H,43,49)(H,44,50)(H,46,47)(H,53,54)(H4,34,35,38)(H4,36,37,39)/t18-,19-,20-,21-,22-,23-/m0/s1. The summed E-state index contributed by atoms with van der Waals surface area (Å²) in [6.07, 6.45) is -0.432. The Morgan fingerprint density at radius 2 is 0.926 bits per heavy atom. The second kappa shape index (κ2) is 25.7. The van der Waals surface area contributed by atoms with E-state index in [-0.39, 0.29) is 75.4 Å². The predicted octanol–water partition coefficient (Wildman–Crippen LogP) is -3.70. The second-order valence-electron chi connectivity index (χ2n) is 13.6. The van der Waals surface area contributed by atoms with Crippen molar-refractivity contribution >= 4 is 53.4 Å². The third-order valence-corrected chi connectivity index (χ3v) is 7.71. The Hall–Kier alpha value is -5.25. The number of rotatable bonds is 27. The van der Waals surface area contributed by atoms with Crippen LogP contribution in [0.3, 0.4) is 0 Å². The second-order valence-corrected chi connectivity index (χ2v) is 13.6. The van der Waals surface area contributed by atoms with E-state index in [1.54, 1.807) is 27.7 Å². The summed E-state index contributed by atoms with van der Waals surface area (Å²) in [5.74, 6) is -7.88. The number of carboxylic acids is 2. The SMILES string of the molecule is CC(C)C[C@H](NC(=O)[C@H](CCC(=O)O)NC(=O)[C@H](CC(C)C)NC(=O)[C@H](CCCNC(=N)N)NC(=O)[C@@H](N)CO)C(=O)N[C@@H](CCCNC(=N)N)C(=O)O. The number of carboxylic acid groups (broad SMARTS) is 2. The number of hydrogen-bond donors (Lipinski definition) is 15. The number of aliphatic hydroxyl groups is 1. The number of carbonyl (C=O) groups is 7. The van der Waals surface area contributed by atoms with Gasteiger partial charge in [0, 0.05) is 19.5 Å². The first-order valence-electron chi connectivity index (χ1n) is 17.7. The summed E-state index contributed by atoms with van der Waals surface area (Å²) in [5.41, 5.74) is 16.1. The molecule has 0 aromatic rings. The average Bonchev–Trinajstić information content (AvgIpc) is 3.06. The highest BCUT2D eigenvalue weighted by atomic mass is 16.4. The lowest BCUT2D eigenvalue weighted by Crippen LogP contribution is -2.59. The van der Waals surface area contributed by atoms with Crippen LogP contribution in [-0.4, -0.2) is 125 Å². The first-order chi connectivity index (χ1) is 25.2. The lowest BCUT2D eigenvalue weighted by atomic mass is 10.00. The molecule has 0 aliphatic carbocycles. The Bertz CT molecular complexity index is 1300. The summed E-state index contributed by atoms with van der Waals surface area (Å²) in [7, 11) is 0. The van der Waals surface area contributed by atoms with Gasteiger partial charge in [-0.3, -0.25) is 39.6 Å². The van der Waals surface area contributed by atoms with Crippen molar-refractivity contribution in [2.45, 2.75) is 115 Å². The number of amides is 5. The molecule has 0 unspecified atom stereocenters. The molecule has 0 saturated carbocycles. The predicted molar refractivity (Wildman–Crippen MR) is 196 cm³/mol. The minimum absolute atomic E-state index is 0.00695. The topological polar surface area (TPSA) is 390 Å². The maximum Gasteiger partial charge on any atom is 0.326 e. The van der Waals surface area contributed by atoms with E-state index in [0.29, 0.717) is 0 Å². The van der Waals surface area contributed by atoms with Crippen LogP contribution in [0.2, 0.25) is 0 Å². The molecule has 0 aliphatic rings. The normalized spacial score (nSPS) is 14.3. The van der Waals surface area contributed by atoms with E-state index >= 15 is 0 Å². The van der Waals surface area contributed by atoms with Gasteiger partial charge >= 0.3 is 11.9 Å². The van der Waals surface area contributed by atoms with Crippen LogP contribution in [-0.2, 0) is 33.6 Å². The van der Waals surface area contributed by atoms with Gasteiger partial charge < -0.3 is 69.7 Å². The smallest absolute Gasteiger partial charge is 0.326 e. The van der Waals surface area contributed by atoms with Gasteiger partial charge in [-0.25, -0.2) is 4.79 Å². The van der Waals surface area contributed by atoms with Crippen molar-refractivity contribution in [3.8, 4) is 0 Å². The fourth-order valence-electron chi connectivity index (χ4n) is 4.98. The van der Waals surface area contributed by atoms with Gasteiger partial charge in [-0.2, -0.15) is 0 Å². The van der Waals surface area contributed by atoms with Crippen molar-refractivity contribution in [2.75, 3.05) is 19.7 Å². The van der Waals surface area contributed by atoms with Crippen LogP contribution in [0.5, 0.6) is 0 Å². The highest BCUT2D eigenvalue weighted by Gasteiger charge is 2.33. The number of aliphatic hydroxyl groups excluding tert-OH is 1. The van der Waals surface area contributed by atoms with Crippen molar-refractivity contribution in [1.82, 2.24) is 37.2 Å². The zero-order chi connectivity index (χ0) is 41.5. The van der Waals surface area contributed by atoms with E-state index in [9.17, 15) is 48.9 Å². The first-order valence-corrected chi connectivity index (χ1v) is 17.7. The minimum atomic E-state index is -1.51. The highest BCUT2D eigenvalue weighted by Crippen LogP contribution is 2.11. The van der Waals surface area contributed by atoms with E-state index < -0.39 is 97.2 Å². The molecule has 5 amide bonds. The largest absolute Gasteiger partial charge is 0.481 e. The molecule has 6 atom stereocenters. The van der Waals surface area contributed by atoms with Gasteiger partial charge in [0.25, 0.3) is 0 Å². The highest BCUT2D eigenvalue weighted by molar-refractivity contribution is 5.96. The monoisotopic (exact) mass is 772 g/mol. The molecule has 308 valence electrons. The summed E-state index contributed by atoms with van der Waals surface area (Å²) in [4.78, 5) is 89.9. The molecule has 0 radical (unpaired) electrons. The Labute approximate surface area is 314 Å².